The molecule has 0 atom stereocenters. The summed E-state index contributed by atoms with van der Waals surface area (Å²) in [7, 11) is 0. The molecule has 0 aliphatic carbocycles. The average molecular weight is 303 g/mol. The minimum absolute atomic E-state index is 0.00233. The van der Waals surface area contributed by atoms with Crippen molar-refractivity contribution in [2.24, 2.45) is 0 Å². The zero-order valence-electron chi connectivity index (χ0n) is 11.2. The molecule has 6 heteroatoms. The second kappa shape index (κ2) is 5.05. The van der Waals surface area contributed by atoms with Gasteiger partial charge in [-0.2, -0.15) is 0 Å². The van der Waals surface area contributed by atoms with Gasteiger partial charge in [-0.15, -0.1) is 11.3 Å². The first kappa shape index (κ1) is 12.7. The maximum Gasteiger partial charge on any atom is 0.204 e. The molecular formula is C15H13NO4S. The fourth-order valence-corrected chi connectivity index (χ4v) is 3.40. The van der Waals surface area contributed by atoms with E-state index in [-0.39, 0.29) is 5.43 Å². The Kier molecular flexibility index (Phi) is 3.05. The van der Waals surface area contributed by atoms with Crippen LogP contribution in [0.4, 0.5) is 5.88 Å². The number of thiophene rings is 1. The number of ether oxygens (including phenoxy) is 1. The van der Waals surface area contributed by atoms with Gasteiger partial charge < -0.3 is 18.5 Å². The van der Waals surface area contributed by atoms with Crippen molar-refractivity contribution < 1.29 is 13.6 Å². The van der Waals surface area contributed by atoms with Crippen LogP contribution in [0.5, 0.6) is 0 Å². The Morgan fingerprint density at radius 3 is 2.86 bits per heavy atom. The zero-order chi connectivity index (χ0) is 14.2. The summed E-state index contributed by atoms with van der Waals surface area (Å²) in [6, 6.07) is 3.44. The summed E-state index contributed by atoms with van der Waals surface area (Å²) in [6.07, 6.45) is 3.27. The van der Waals surface area contributed by atoms with Crippen molar-refractivity contribution in [3.05, 3.63) is 40.3 Å². The highest BCUT2D eigenvalue weighted by molar-refractivity contribution is 7.17. The van der Waals surface area contributed by atoms with Crippen LogP contribution in [-0.2, 0) is 4.74 Å². The molecule has 0 spiro atoms. The van der Waals surface area contributed by atoms with Gasteiger partial charge >= 0.3 is 0 Å². The summed E-state index contributed by atoms with van der Waals surface area (Å²) < 4.78 is 17.1. The van der Waals surface area contributed by atoms with Gasteiger partial charge in [0.25, 0.3) is 0 Å². The van der Waals surface area contributed by atoms with Gasteiger partial charge in [0, 0.05) is 35.7 Å². The van der Waals surface area contributed by atoms with Crippen molar-refractivity contribution in [3.63, 3.8) is 0 Å². The van der Waals surface area contributed by atoms with Crippen LogP contribution in [0.25, 0.3) is 21.4 Å². The molecule has 0 radical (unpaired) electrons. The third-order valence-electron chi connectivity index (χ3n) is 3.59. The Labute approximate surface area is 124 Å². The van der Waals surface area contributed by atoms with E-state index in [2.05, 4.69) is 0 Å². The quantitative estimate of drug-likeness (QED) is 0.728. The summed E-state index contributed by atoms with van der Waals surface area (Å²) in [5, 5.41) is 1.93. The molecule has 0 unspecified atom stereocenters. The summed E-state index contributed by atoms with van der Waals surface area (Å²) in [6.45, 7) is 2.78. The lowest BCUT2D eigenvalue weighted by Gasteiger charge is -2.27. The molecule has 3 aromatic heterocycles. The fraction of sp³-hybridized carbons (Fsp3) is 0.267. The topological polar surface area (TPSA) is 55.8 Å². The number of nitrogens with zero attached hydrogens (tertiary/aromatic N) is 1. The van der Waals surface area contributed by atoms with Crippen molar-refractivity contribution in [3.8, 4) is 11.1 Å². The van der Waals surface area contributed by atoms with E-state index < -0.39 is 0 Å². The Hall–Kier alpha value is -2.05. The van der Waals surface area contributed by atoms with E-state index in [0.29, 0.717) is 29.4 Å². The van der Waals surface area contributed by atoms with Gasteiger partial charge in [0.1, 0.15) is 4.70 Å². The highest BCUT2D eigenvalue weighted by Gasteiger charge is 2.18. The molecule has 1 saturated heterocycles. The Bertz CT molecular complexity index is 812. The van der Waals surface area contributed by atoms with Crippen LogP contribution in [0.1, 0.15) is 0 Å². The second-order valence-corrected chi connectivity index (χ2v) is 5.75. The maximum absolute atomic E-state index is 12.3. The Balaban J connectivity index is 1.87. The van der Waals surface area contributed by atoms with Crippen LogP contribution in [0.15, 0.2) is 43.7 Å². The van der Waals surface area contributed by atoms with Crippen molar-refractivity contribution in [1.29, 1.82) is 0 Å². The lowest BCUT2D eigenvalue weighted by molar-refractivity contribution is 0.121. The summed E-state index contributed by atoms with van der Waals surface area (Å²) in [5.41, 5.74) is 2.45. The lowest BCUT2D eigenvalue weighted by atomic mass is 10.2. The van der Waals surface area contributed by atoms with Crippen LogP contribution in [-0.4, -0.2) is 26.3 Å². The molecule has 4 heterocycles. The molecule has 1 fully saturated rings. The van der Waals surface area contributed by atoms with Crippen LogP contribution in [0.3, 0.4) is 0 Å². The standard InChI is InChI=1S/C15H13NO4S/c17-12-7-13(16-2-5-18-6-3-16)20-14-11(9-21-15(12)14)10-1-4-19-8-10/h1,4,7-9H,2-3,5-6H2. The molecule has 1 aliphatic rings. The van der Waals surface area contributed by atoms with Crippen LogP contribution >= 0.6 is 11.3 Å². The summed E-state index contributed by atoms with van der Waals surface area (Å²) in [4.78, 5) is 14.3. The smallest absolute Gasteiger partial charge is 0.204 e. The molecule has 0 aromatic carbocycles. The molecule has 1 aliphatic heterocycles. The van der Waals surface area contributed by atoms with Gasteiger partial charge in [0.2, 0.25) is 5.43 Å². The number of hydrogen-bond donors (Lipinski definition) is 0. The number of hydrogen-bond acceptors (Lipinski definition) is 6. The van der Waals surface area contributed by atoms with Crippen molar-refractivity contribution in [2.75, 3.05) is 31.2 Å². The average Bonchev–Trinajstić information content (AvgIpc) is 3.16. The predicted octanol–water partition coefficient (Wildman–Crippen LogP) is 2.95. The van der Waals surface area contributed by atoms with E-state index in [1.807, 2.05) is 16.3 Å². The maximum atomic E-state index is 12.3. The molecule has 5 nitrogen and oxygen atoms in total. The first-order chi connectivity index (χ1) is 10.3. The van der Waals surface area contributed by atoms with Gasteiger partial charge in [-0.3, -0.25) is 4.79 Å². The number of morpholine rings is 1. The third-order valence-corrected chi connectivity index (χ3v) is 4.56. The largest absolute Gasteiger partial charge is 0.472 e. The fourth-order valence-electron chi connectivity index (χ4n) is 2.49. The van der Waals surface area contributed by atoms with Gasteiger partial charge in [-0.1, -0.05) is 0 Å². The zero-order valence-corrected chi connectivity index (χ0v) is 12.0. The summed E-state index contributed by atoms with van der Waals surface area (Å²) in [5.74, 6) is 0.610. The summed E-state index contributed by atoms with van der Waals surface area (Å²) >= 11 is 1.40. The SMILES string of the molecule is O=c1cc(N2CCOCC2)oc2c(-c3ccoc3)csc12. The van der Waals surface area contributed by atoms with Gasteiger partial charge in [0.05, 0.1) is 25.7 Å². The first-order valence-corrected chi connectivity index (χ1v) is 7.61. The molecule has 4 rings (SSSR count). The van der Waals surface area contributed by atoms with E-state index in [1.165, 1.54) is 11.3 Å². The second-order valence-electron chi connectivity index (χ2n) is 4.87. The predicted molar refractivity (Wildman–Crippen MR) is 81.1 cm³/mol. The van der Waals surface area contributed by atoms with Crippen LogP contribution in [0, 0.1) is 0 Å². The highest BCUT2D eigenvalue weighted by Crippen LogP contribution is 2.34. The van der Waals surface area contributed by atoms with E-state index in [1.54, 1.807) is 18.6 Å². The first-order valence-electron chi connectivity index (χ1n) is 6.73. The molecule has 21 heavy (non-hydrogen) atoms. The molecular weight excluding hydrogens is 290 g/mol. The molecule has 108 valence electrons. The van der Waals surface area contributed by atoms with E-state index in [9.17, 15) is 4.79 Å². The van der Waals surface area contributed by atoms with Crippen molar-refractivity contribution in [2.45, 2.75) is 0 Å². The molecule has 0 saturated carbocycles. The number of rotatable bonds is 2. The molecule has 3 aromatic rings. The monoisotopic (exact) mass is 303 g/mol. The van der Waals surface area contributed by atoms with Crippen molar-refractivity contribution >= 4 is 27.5 Å². The molecule has 0 bridgehead atoms. The number of furan rings is 1. The number of anilines is 1. The molecule has 0 N–H and O–H groups in total. The van der Waals surface area contributed by atoms with Crippen LogP contribution < -0.4 is 10.3 Å². The van der Waals surface area contributed by atoms with Gasteiger partial charge in [0.15, 0.2) is 11.5 Å². The highest BCUT2D eigenvalue weighted by atomic mass is 32.1. The minimum Gasteiger partial charge on any atom is -0.472 e. The van der Waals surface area contributed by atoms with Crippen LogP contribution in [0.2, 0.25) is 0 Å². The van der Waals surface area contributed by atoms with Gasteiger partial charge in [-0.25, -0.2) is 0 Å². The van der Waals surface area contributed by atoms with Gasteiger partial charge in [-0.05, 0) is 6.07 Å². The minimum atomic E-state index is -0.00233. The van der Waals surface area contributed by atoms with Crippen molar-refractivity contribution in [1.82, 2.24) is 0 Å². The van der Waals surface area contributed by atoms with E-state index in [0.717, 1.165) is 24.2 Å². The normalized spacial score (nSPS) is 15.7. The van der Waals surface area contributed by atoms with E-state index in [4.69, 9.17) is 13.6 Å². The lowest BCUT2D eigenvalue weighted by Crippen LogP contribution is -2.36. The Morgan fingerprint density at radius 1 is 1.24 bits per heavy atom. The molecule has 0 amide bonds. The third kappa shape index (κ3) is 2.16. The number of fused-ring (bicyclic) bond motifs is 1. The Morgan fingerprint density at radius 2 is 2.10 bits per heavy atom. The van der Waals surface area contributed by atoms with E-state index >= 15 is 0 Å².